The van der Waals surface area contributed by atoms with Crippen molar-refractivity contribution in [1.29, 1.82) is 0 Å². The van der Waals surface area contributed by atoms with E-state index < -0.39 is 0 Å². The highest BCUT2D eigenvalue weighted by atomic mass is 32.1. The normalized spacial score (nSPS) is 11.1. The SMILES string of the molecule is O=C(N/N=C\c1c(OCc2ccccc2F)ccc2ccccc12)c1ccc(-c2csc(Nc3ccccc3)n2)cc1. The van der Waals surface area contributed by atoms with Gasteiger partial charge >= 0.3 is 0 Å². The zero-order valence-electron chi connectivity index (χ0n) is 22.3. The van der Waals surface area contributed by atoms with E-state index in [0.29, 0.717) is 22.4 Å². The van der Waals surface area contributed by atoms with Crippen molar-refractivity contribution in [2.24, 2.45) is 5.10 Å². The Bertz CT molecular complexity index is 1870. The molecule has 6 nitrogen and oxygen atoms in total. The van der Waals surface area contributed by atoms with Crippen molar-refractivity contribution < 1.29 is 13.9 Å². The Labute approximate surface area is 246 Å². The molecule has 8 heteroatoms. The molecule has 0 unspecified atom stereocenters. The molecular weight excluding hydrogens is 547 g/mol. The second-order valence-electron chi connectivity index (χ2n) is 9.38. The summed E-state index contributed by atoms with van der Waals surface area (Å²) in [5.74, 6) is -0.147. The minimum Gasteiger partial charge on any atom is -0.488 e. The highest BCUT2D eigenvalue weighted by molar-refractivity contribution is 7.14. The molecule has 42 heavy (non-hydrogen) atoms. The standard InChI is InChI=1S/C34H25FN4O2S/c35-30-13-7-5-9-26(30)21-41-32-19-18-23-8-4-6-12-28(23)29(32)20-36-39-33(40)25-16-14-24(15-17-25)31-22-42-34(38-31)37-27-10-2-1-3-11-27/h1-20,22H,21H2,(H,37,38)(H,39,40)/b36-20-. The first-order valence-electron chi connectivity index (χ1n) is 13.2. The van der Waals surface area contributed by atoms with E-state index in [1.165, 1.54) is 17.4 Å². The largest absolute Gasteiger partial charge is 0.488 e. The number of hydrazone groups is 1. The molecule has 0 bridgehead atoms. The molecule has 0 aliphatic heterocycles. The van der Waals surface area contributed by atoms with Crippen molar-refractivity contribution in [3.05, 3.63) is 143 Å². The molecule has 0 fully saturated rings. The van der Waals surface area contributed by atoms with E-state index in [1.54, 1.807) is 36.5 Å². The Morgan fingerprint density at radius 2 is 1.64 bits per heavy atom. The van der Waals surface area contributed by atoms with Crippen LogP contribution >= 0.6 is 11.3 Å². The third kappa shape index (κ3) is 6.19. The van der Waals surface area contributed by atoms with Crippen LogP contribution in [-0.4, -0.2) is 17.1 Å². The van der Waals surface area contributed by atoms with Crippen LogP contribution in [0.1, 0.15) is 21.5 Å². The average Bonchev–Trinajstić information content (AvgIpc) is 3.50. The van der Waals surface area contributed by atoms with Crippen LogP contribution in [0.5, 0.6) is 5.75 Å². The van der Waals surface area contributed by atoms with Crippen LogP contribution in [0.25, 0.3) is 22.0 Å². The van der Waals surface area contributed by atoms with E-state index in [4.69, 9.17) is 4.74 Å². The number of nitrogens with zero attached hydrogens (tertiary/aromatic N) is 2. The van der Waals surface area contributed by atoms with Gasteiger partial charge in [0.15, 0.2) is 5.13 Å². The summed E-state index contributed by atoms with van der Waals surface area (Å²) in [4.78, 5) is 17.5. The molecule has 1 amide bonds. The van der Waals surface area contributed by atoms with Gasteiger partial charge in [-0.1, -0.05) is 78.9 Å². The molecule has 0 aliphatic carbocycles. The Morgan fingerprint density at radius 1 is 0.881 bits per heavy atom. The van der Waals surface area contributed by atoms with E-state index in [2.05, 4.69) is 20.8 Å². The molecule has 0 saturated carbocycles. The van der Waals surface area contributed by atoms with E-state index in [0.717, 1.165) is 32.8 Å². The molecule has 6 aromatic rings. The quantitative estimate of drug-likeness (QED) is 0.135. The summed E-state index contributed by atoms with van der Waals surface area (Å²) in [6, 6.07) is 35.1. The number of thiazole rings is 1. The average molecular weight is 573 g/mol. The number of benzene rings is 5. The number of hydrogen-bond donors (Lipinski definition) is 2. The van der Waals surface area contributed by atoms with Gasteiger partial charge in [-0.2, -0.15) is 5.10 Å². The van der Waals surface area contributed by atoms with Crippen LogP contribution in [0, 0.1) is 5.82 Å². The van der Waals surface area contributed by atoms with Crippen molar-refractivity contribution >= 4 is 45.0 Å². The molecule has 1 aromatic heterocycles. The first-order chi connectivity index (χ1) is 20.6. The molecule has 0 spiro atoms. The third-order valence-electron chi connectivity index (χ3n) is 6.60. The first-order valence-corrected chi connectivity index (χ1v) is 14.1. The van der Waals surface area contributed by atoms with Gasteiger partial charge < -0.3 is 10.1 Å². The number of para-hydroxylation sites is 1. The fraction of sp³-hybridized carbons (Fsp3) is 0.0294. The molecule has 6 rings (SSSR count). The van der Waals surface area contributed by atoms with Gasteiger partial charge in [-0.05, 0) is 47.2 Å². The topological polar surface area (TPSA) is 75.6 Å². The summed E-state index contributed by atoms with van der Waals surface area (Å²) < 4.78 is 20.1. The fourth-order valence-electron chi connectivity index (χ4n) is 4.43. The monoisotopic (exact) mass is 572 g/mol. The first kappa shape index (κ1) is 26.9. The van der Waals surface area contributed by atoms with Gasteiger partial charge in [-0.3, -0.25) is 4.79 Å². The lowest BCUT2D eigenvalue weighted by Gasteiger charge is -2.12. The van der Waals surface area contributed by atoms with Gasteiger partial charge in [-0.25, -0.2) is 14.8 Å². The number of amides is 1. The van der Waals surface area contributed by atoms with Crippen LogP contribution in [0.4, 0.5) is 15.2 Å². The number of ether oxygens (including phenoxy) is 1. The predicted molar refractivity (Wildman–Crippen MR) is 167 cm³/mol. The molecule has 0 atom stereocenters. The van der Waals surface area contributed by atoms with Crippen LogP contribution in [-0.2, 0) is 6.61 Å². The Balaban J connectivity index is 1.14. The maximum atomic E-state index is 14.1. The lowest BCUT2D eigenvalue weighted by atomic mass is 10.0. The molecule has 2 N–H and O–H groups in total. The summed E-state index contributed by atoms with van der Waals surface area (Å²) in [6.07, 6.45) is 1.56. The Morgan fingerprint density at radius 3 is 2.48 bits per heavy atom. The smallest absolute Gasteiger partial charge is 0.271 e. The van der Waals surface area contributed by atoms with Crippen molar-refractivity contribution in [3.63, 3.8) is 0 Å². The highest BCUT2D eigenvalue weighted by Gasteiger charge is 2.11. The van der Waals surface area contributed by atoms with Gasteiger partial charge in [0.1, 0.15) is 18.2 Å². The van der Waals surface area contributed by atoms with E-state index in [-0.39, 0.29) is 18.3 Å². The molecule has 5 aromatic carbocycles. The molecule has 0 radical (unpaired) electrons. The van der Waals surface area contributed by atoms with Gasteiger partial charge in [0.2, 0.25) is 0 Å². The Kier molecular flexibility index (Phi) is 7.96. The van der Waals surface area contributed by atoms with Gasteiger partial charge in [-0.15, -0.1) is 11.3 Å². The van der Waals surface area contributed by atoms with E-state index in [9.17, 15) is 9.18 Å². The highest BCUT2D eigenvalue weighted by Crippen LogP contribution is 2.29. The number of anilines is 2. The summed E-state index contributed by atoms with van der Waals surface area (Å²) in [6.45, 7) is 0.0629. The zero-order valence-corrected chi connectivity index (χ0v) is 23.1. The number of rotatable bonds is 9. The summed E-state index contributed by atoms with van der Waals surface area (Å²) in [5, 5.41) is 12.2. The van der Waals surface area contributed by atoms with Crippen molar-refractivity contribution in [2.75, 3.05) is 5.32 Å². The van der Waals surface area contributed by atoms with Crippen molar-refractivity contribution in [3.8, 4) is 17.0 Å². The lowest BCUT2D eigenvalue weighted by Crippen LogP contribution is -2.17. The number of carbonyl (C=O) groups excluding carboxylic acids is 1. The second kappa shape index (κ2) is 12.4. The van der Waals surface area contributed by atoms with Crippen molar-refractivity contribution in [2.45, 2.75) is 6.61 Å². The number of aromatic nitrogens is 1. The van der Waals surface area contributed by atoms with Gasteiger partial charge in [0.05, 0.1) is 11.9 Å². The van der Waals surface area contributed by atoms with Crippen LogP contribution in [0.3, 0.4) is 0 Å². The third-order valence-corrected chi connectivity index (χ3v) is 7.36. The number of fused-ring (bicyclic) bond motifs is 1. The maximum absolute atomic E-state index is 14.1. The molecule has 206 valence electrons. The van der Waals surface area contributed by atoms with Crippen LogP contribution < -0.4 is 15.5 Å². The van der Waals surface area contributed by atoms with E-state index in [1.807, 2.05) is 84.2 Å². The summed E-state index contributed by atoms with van der Waals surface area (Å²) in [5.41, 5.74) is 6.89. The van der Waals surface area contributed by atoms with Gasteiger partial charge in [0, 0.05) is 33.3 Å². The molecule has 0 aliphatic rings. The molecule has 1 heterocycles. The zero-order chi connectivity index (χ0) is 28.7. The molecule has 0 saturated heterocycles. The van der Waals surface area contributed by atoms with E-state index >= 15 is 0 Å². The molecular formula is C34H25FN4O2S. The second-order valence-corrected chi connectivity index (χ2v) is 10.2. The minimum absolute atomic E-state index is 0.0629. The van der Waals surface area contributed by atoms with Crippen LogP contribution in [0.2, 0.25) is 0 Å². The number of nitrogens with one attached hydrogen (secondary N) is 2. The predicted octanol–water partition coefficient (Wildman–Crippen LogP) is 8.19. The van der Waals surface area contributed by atoms with Crippen LogP contribution in [0.15, 0.2) is 126 Å². The summed E-state index contributed by atoms with van der Waals surface area (Å²) in [7, 11) is 0. The lowest BCUT2D eigenvalue weighted by molar-refractivity contribution is 0.0955. The van der Waals surface area contributed by atoms with Gasteiger partial charge in [0.25, 0.3) is 5.91 Å². The fourth-order valence-corrected chi connectivity index (χ4v) is 5.17. The maximum Gasteiger partial charge on any atom is 0.271 e. The number of carbonyl (C=O) groups is 1. The minimum atomic E-state index is -0.350. The number of hydrogen-bond acceptors (Lipinski definition) is 6. The number of halogens is 1. The Hall–Kier alpha value is -5.34. The van der Waals surface area contributed by atoms with Crippen molar-refractivity contribution in [1.82, 2.24) is 10.4 Å². The summed E-state index contributed by atoms with van der Waals surface area (Å²) >= 11 is 1.51.